The van der Waals surface area contributed by atoms with Crippen LogP contribution >= 0.6 is 0 Å². The van der Waals surface area contributed by atoms with E-state index < -0.39 is 11.4 Å². The Morgan fingerprint density at radius 2 is 2.06 bits per heavy atom. The molecule has 0 saturated heterocycles. The van der Waals surface area contributed by atoms with Crippen LogP contribution < -0.4 is 5.32 Å². The van der Waals surface area contributed by atoms with E-state index in [4.69, 9.17) is 5.26 Å². The smallest absolute Gasteiger partial charge is 0.147 e. The Morgan fingerprint density at radius 3 is 2.47 bits per heavy atom. The van der Waals surface area contributed by atoms with Gasteiger partial charge in [-0.2, -0.15) is 5.26 Å². The third-order valence-corrected chi connectivity index (χ3v) is 2.78. The lowest BCUT2D eigenvalue weighted by Crippen LogP contribution is -2.45. The van der Waals surface area contributed by atoms with E-state index in [0.717, 1.165) is 6.07 Å². The molecule has 0 bridgehead atoms. The molecule has 0 aliphatic carbocycles. The summed E-state index contributed by atoms with van der Waals surface area (Å²) in [6, 6.07) is 5.83. The molecule has 0 fully saturated rings. The molecule has 1 rings (SSSR count). The van der Waals surface area contributed by atoms with Gasteiger partial charge in [0.15, 0.2) is 0 Å². The summed E-state index contributed by atoms with van der Waals surface area (Å²) < 4.78 is 13.6. The van der Waals surface area contributed by atoms with Gasteiger partial charge < -0.3 is 15.5 Å². The third-order valence-electron chi connectivity index (χ3n) is 2.78. The topological polar surface area (TPSA) is 76.3 Å². The molecule has 4 nitrogen and oxygen atoms in total. The fourth-order valence-electron chi connectivity index (χ4n) is 1.41. The summed E-state index contributed by atoms with van der Waals surface area (Å²) in [5.41, 5.74) is -0.563. The third kappa shape index (κ3) is 2.93. The molecule has 0 aliphatic rings. The number of nitrogens with zero attached hydrogens (tertiary/aromatic N) is 1. The van der Waals surface area contributed by atoms with Crippen LogP contribution in [0.1, 0.15) is 18.9 Å². The summed E-state index contributed by atoms with van der Waals surface area (Å²) in [6.07, 6.45) is 0.444. The van der Waals surface area contributed by atoms with E-state index in [1.54, 1.807) is 6.92 Å². The second-order valence-corrected chi connectivity index (χ2v) is 3.88. The van der Waals surface area contributed by atoms with Gasteiger partial charge in [-0.15, -0.1) is 0 Å². The van der Waals surface area contributed by atoms with Crippen LogP contribution in [0.4, 0.5) is 10.1 Å². The fourth-order valence-corrected chi connectivity index (χ4v) is 1.41. The highest BCUT2D eigenvalue weighted by molar-refractivity contribution is 5.50. The predicted octanol–water partition coefficient (Wildman–Crippen LogP) is 1.24. The molecule has 0 heterocycles. The molecule has 1 aromatic rings. The maximum absolute atomic E-state index is 13.6. The van der Waals surface area contributed by atoms with Gasteiger partial charge in [-0.05, 0) is 24.6 Å². The Hall–Kier alpha value is -1.64. The number of rotatable bonds is 5. The predicted molar refractivity (Wildman–Crippen MR) is 61.9 cm³/mol. The number of aliphatic hydroxyl groups excluding tert-OH is 2. The first-order chi connectivity index (χ1) is 8.10. The summed E-state index contributed by atoms with van der Waals surface area (Å²) in [5.74, 6) is -0.580. The summed E-state index contributed by atoms with van der Waals surface area (Å²) >= 11 is 0. The number of nitriles is 1. The van der Waals surface area contributed by atoms with Crippen molar-refractivity contribution in [1.82, 2.24) is 0 Å². The fraction of sp³-hybridized carbons (Fsp3) is 0.417. The van der Waals surface area contributed by atoms with Crippen molar-refractivity contribution >= 4 is 5.69 Å². The zero-order valence-electron chi connectivity index (χ0n) is 9.57. The van der Waals surface area contributed by atoms with Gasteiger partial charge in [0.2, 0.25) is 0 Å². The van der Waals surface area contributed by atoms with Gasteiger partial charge in [0.1, 0.15) is 5.82 Å². The Bertz CT molecular complexity index is 417. The zero-order chi connectivity index (χ0) is 12.9. The largest absolute Gasteiger partial charge is 0.394 e. The molecule has 0 aromatic heterocycles. The second kappa shape index (κ2) is 5.62. The van der Waals surface area contributed by atoms with Crippen LogP contribution in [0.2, 0.25) is 0 Å². The molecular formula is C12H15FN2O2. The molecular weight excluding hydrogens is 223 g/mol. The molecule has 0 spiro atoms. The Morgan fingerprint density at radius 1 is 1.41 bits per heavy atom. The first-order valence-electron chi connectivity index (χ1n) is 5.30. The monoisotopic (exact) mass is 238 g/mol. The maximum atomic E-state index is 13.6. The van der Waals surface area contributed by atoms with Gasteiger partial charge in [-0.3, -0.25) is 0 Å². The summed E-state index contributed by atoms with van der Waals surface area (Å²) in [5, 5.41) is 29.8. The molecule has 0 amide bonds. The van der Waals surface area contributed by atoms with Gasteiger partial charge in [-0.1, -0.05) is 6.92 Å². The van der Waals surface area contributed by atoms with Crippen LogP contribution in [0.25, 0.3) is 0 Å². The Kier molecular flexibility index (Phi) is 4.44. The van der Waals surface area contributed by atoms with E-state index in [0.29, 0.717) is 6.42 Å². The van der Waals surface area contributed by atoms with Gasteiger partial charge in [0.05, 0.1) is 36.1 Å². The van der Waals surface area contributed by atoms with Crippen molar-refractivity contribution in [2.75, 3.05) is 18.5 Å². The van der Waals surface area contributed by atoms with E-state index in [1.807, 2.05) is 6.07 Å². The van der Waals surface area contributed by atoms with Crippen LogP contribution in [0.15, 0.2) is 18.2 Å². The van der Waals surface area contributed by atoms with Gasteiger partial charge in [-0.25, -0.2) is 4.39 Å². The molecule has 0 aliphatic heterocycles. The Labute approximate surface area is 99.3 Å². The molecule has 0 saturated carbocycles. The summed E-state index contributed by atoms with van der Waals surface area (Å²) in [4.78, 5) is 0. The van der Waals surface area contributed by atoms with Crippen molar-refractivity contribution in [1.29, 1.82) is 5.26 Å². The van der Waals surface area contributed by atoms with Crippen LogP contribution in [0, 0.1) is 17.1 Å². The lowest BCUT2D eigenvalue weighted by atomic mass is 9.98. The average Bonchev–Trinajstić information content (AvgIpc) is 2.38. The Balaban J connectivity index is 2.99. The number of aliphatic hydroxyl groups is 2. The highest BCUT2D eigenvalue weighted by atomic mass is 19.1. The number of hydrogen-bond donors (Lipinski definition) is 3. The highest BCUT2D eigenvalue weighted by Crippen LogP contribution is 2.22. The van der Waals surface area contributed by atoms with E-state index >= 15 is 0 Å². The number of hydrogen-bond acceptors (Lipinski definition) is 4. The molecule has 0 unspecified atom stereocenters. The molecule has 5 heteroatoms. The molecule has 3 N–H and O–H groups in total. The average molecular weight is 238 g/mol. The van der Waals surface area contributed by atoms with Crippen molar-refractivity contribution in [3.05, 3.63) is 29.6 Å². The van der Waals surface area contributed by atoms with Crippen LogP contribution in [0.3, 0.4) is 0 Å². The number of benzene rings is 1. The number of nitrogens with one attached hydrogen (secondary N) is 1. The molecule has 92 valence electrons. The summed E-state index contributed by atoms with van der Waals surface area (Å²) in [6.45, 7) is 1.17. The lowest BCUT2D eigenvalue weighted by Gasteiger charge is -2.31. The van der Waals surface area contributed by atoms with E-state index in [-0.39, 0.29) is 24.5 Å². The highest BCUT2D eigenvalue weighted by Gasteiger charge is 2.27. The van der Waals surface area contributed by atoms with Gasteiger partial charge in [0.25, 0.3) is 0 Å². The first-order valence-corrected chi connectivity index (χ1v) is 5.30. The lowest BCUT2D eigenvalue weighted by molar-refractivity contribution is 0.132. The maximum Gasteiger partial charge on any atom is 0.147 e. The zero-order valence-corrected chi connectivity index (χ0v) is 9.57. The van der Waals surface area contributed by atoms with E-state index in [2.05, 4.69) is 5.32 Å². The van der Waals surface area contributed by atoms with Crippen molar-refractivity contribution < 1.29 is 14.6 Å². The van der Waals surface area contributed by atoms with Gasteiger partial charge in [0, 0.05) is 0 Å². The van der Waals surface area contributed by atoms with Crippen molar-refractivity contribution in [2.24, 2.45) is 0 Å². The number of halogens is 1. The second-order valence-electron chi connectivity index (χ2n) is 3.88. The van der Waals surface area contributed by atoms with Crippen molar-refractivity contribution in [3.8, 4) is 6.07 Å². The minimum atomic E-state index is -0.949. The normalized spacial score (nSPS) is 11.0. The molecule has 17 heavy (non-hydrogen) atoms. The minimum Gasteiger partial charge on any atom is -0.394 e. The summed E-state index contributed by atoms with van der Waals surface area (Å²) in [7, 11) is 0. The van der Waals surface area contributed by atoms with Crippen LogP contribution in [-0.4, -0.2) is 29.0 Å². The first kappa shape index (κ1) is 13.4. The molecule has 0 atom stereocenters. The van der Waals surface area contributed by atoms with Crippen molar-refractivity contribution in [3.63, 3.8) is 0 Å². The molecule has 1 aromatic carbocycles. The quantitative estimate of drug-likeness (QED) is 0.721. The van der Waals surface area contributed by atoms with E-state index in [9.17, 15) is 14.6 Å². The van der Waals surface area contributed by atoms with Crippen LogP contribution in [-0.2, 0) is 0 Å². The van der Waals surface area contributed by atoms with Gasteiger partial charge >= 0.3 is 0 Å². The SMILES string of the molecule is CCC(CO)(CO)Nc1ccc(C#N)cc1F. The minimum absolute atomic E-state index is 0.161. The van der Waals surface area contributed by atoms with E-state index in [1.165, 1.54) is 12.1 Å². The standard InChI is InChI=1S/C12H15FN2O2/c1-2-12(7-16,8-17)15-11-4-3-9(6-14)5-10(11)13/h3-5,15-17H,2,7-8H2,1H3. The van der Waals surface area contributed by atoms with Crippen LogP contribution in [0.5, 0.6) is 0 Å². The number of anilines is 1. The molecule has 0 radical (unpaired) electrons. The van der Waals surface area contributed by atoms with Crippen molar-refractivity contribution in [2.45, 2.75) is 18.9 Å².